The molecule has 0 spiro atoms. The van der Waals surface area contributed by atoms with Crippen molar-refractivity contribution < 1.29 is 45.2 Å². The van der Waals surface area contributed by atoms with Gasteiger partial charge in [0, 0.05) is 0 Å². The predicted octanol–water partition coefficient (Wildman–Crippen LogP) is 4.53. The van der Waals surface area contributed by atoms with Crippen LogP contribution in [-0.2, 0) is 20.4 Å². The second-order valence-corrected chi connectivity index (χ2v) is 29.7. The van der Waals surface area contributed by atoms with Crippen molar-refractivity contribution in [3.8, 4) is 0 Å². The van der Waals surface area contributed by atoms with Crippen LogP contribution in [0.1, 0.15) is 37.8 Å². The number of allylic oxidation sites excluding steroid dienone is 16. The summed E-state index contributed by atoms with van der Waals surface area (Å²) in [7, 11) is 0. The van der Waals surface area contributed by atoms with Gasteiger partial charge in [0.1, 0.15) is 0 Å². The monoisotopic (exact) mass is 684 g/mol. The van der Waals surface area contributed by atoms with Crippen LogP contribution in [-0.4, -0.2) is 5.43 Å². The van der Waals surface area contributed by atoms with Crippen molar-refractivity contribution in [2.45, 2.75) is 47.0 Å². The Morgan fingerprint density at radius 2 is 0.929 bits per heavy atom. The van der Waals surface area contributed by atoms with Gasteiger partial charge < -0.3 is 24.8 Å². The molecule has 0 aliphatic heterocycles. The quantitative estimate of drug-likeness (QED) is 0.392. The van der Waals surface area contributed by atoms with Crippen molar-refractivity contribution in [2.24, 2.45) is 11.8 Å². The minimum Gasteiger partial charge on any atom is -1.00 e. The minimum absolute atomic E-state index is 0. The van der Waals surface area contributed by atoms with E-state index in [0.717, 1.165) is 7.25 Å². The summed E-state index contributed by atoms with van der Waals surface area (Å²) in [6.45, 7) is 10.2. The van der Waals surface area contributed by atoms with E-state index in [0.29, 0.717) is 11.8 Å². The first-order valence-electron chi connectivity index (χ1n) is 15.0. The molecule has 214 valence electrons. The molecule has 0 nitrogen and oxygen atoms in total. The summed E-state index contributed by atoms with van der Waals surface area (Å²) in [5, 5.41) is 0. The Labute approximate surface area is 273 Å². The largest absolute Gasteiger partial charge is 1.00 e. The Morgan fingerprint density at radius 3 is 1.29 bits per heavy atom. The van der Waals surface area contributed by atoms with Gasteiger partial charge in [-0.25, -0.2) is 0 Å². The number of fused-ring (bicyclic) bond motifs is 2. The summed E-state index contributed by atoms with van der Waals surface area (Å²) in [6, 6.07) is 22.1. The van der Waals surface area contributed by atoms with Crippen LogP contribution in [0.2, 0.25) is 20.3 Å². The smallest absolute Gasteiger partial charge is 1.00 e. The molecule has 42 heavy (non-hydrogen) atoms. The molecular weight excluding hydrogens is 647 g/mol. The molecule has 2 aromatic carbocycles. The molecule has 6 rings (SSSR count). The molecule has 4 aliphatic carbocycles. The Morgan fingerprint density at radius 1 is 0.548 bits per heavy atom. The van der Waals surface area contributed by atoms with Crippen LogP contribution in [0.5, 0.6) is 0 Å². The fourth-order valence-electron chi connectivity index (χ4n) is 7.35. The first-order valence-corrected chi connectivity index (χ1v) is 24.0. The SMILES string of the molecule is CCC1C=C2C(c3ccccc3)=CC=CC=C2[CH]1[Zr+2]([CH]1C2=CC=CC=C(c3ccccc3)C2=CC1CC)=[Si](C)C.[Cl-].[Cl-]. The van der Waals surface area contributed by atoms with E-state index in [4.69, 9.17) is 0 Å². The third-order valence-electron chi connectivity index (χ3n) is 9.15. The molecule has 0 heterocycles. The van der Waals surface area contributed by atoms with Crippen LogP contribution < -0.4 is 24.8 Å². The standard InChI is InChI=1S/2C18H17.C2H6Si.2ClH.Zr/c2*1-2-14-12-16-10-6-7-11-17(18(16)13-14)15-8-4-3-5-9-15;1-3-2;;;/h2*3-14H,2H2,1H3;1-2H3;2*1H;/q;;;;;+2/p-2. The zero-order valence-corrected chi connectivity index (χ0v) is 30.0. The molecular formula is C38H40Cl2SiZr. The molecule has 0 aromatic heterocycles. The molecule has 0 amide bonds. The normalized spacial score (nSPS) is 23.5. The van der Waals surface area contributed by atoms with Gasteiger partial charge >= 0.3 is 251 Å². The Bertz CT molecular complexity index is 1460. The van der Waals surface area contributed by atoms with E-state index < -0.39 is 25.8 Å². The zero-order valence-electron chi connectivity index (χ0n) is 25.0. The van der Waals surface area contributed by atoms with Gasteiger partial charge in [0.05, 0.1) is 0 Å². The molecule has 0 N–H and O–H groups in total. The van der Waals surface area contributed by atoms with Crippen molar-refractivity contribution in [1.29, 1.82) is 0 Å². The number of hydrogen-bond acceptors (Lipinski definition) is 0. The van der Waals surface area contributed by atoms with Crippen molar-refractivity contribution >= 4 is 16.6 Å². The average Bonchev–Trinajstić information content (AvgIpc) is 3.33. The van der Waals surface area contributed by atoms with Crippen LogP contribution in [0.15, 0.2) is 144 Å². The molecule has 4 heteroatoms. The minimum atomic E-state index is -2.10. The van der Waals surface area contributed by atoms with Crippen LogP contribution in [0.4, 0.5) is 0 Å². The molecule has 0 radical (unpaired) electrons. The Hall–Kier alpha value is -1.96. The molecule has 4 atom stereocenters. The third-order valence-corrected chi connectivity index (χ3v) is 29.4. The van der Waals surface area contributed by atoms with Crippen LogP contribution >= 0.6 is 0 Å². The van der Waals surface area contributed by atoms with Gasteiger partial charge in [-0.1, -0.05) is 0 Å². The summed E-state index contributed by atoms with van der Waals surface area (Å²) >= 11 is -2.10. The van der Waals surface area contributed by atoms with Gasteiger partial charge in [0.2, 0.25) is 0 Å². The molecule has 0 bridgehead atoms. The van der Waals surface area contributed by atoms with E-state index in [-0.39, 0.29) is 24.8 Å². The van der Waals surface area contributed by atoms with E-state index in [1.54, 1.807) is 11.1 Å². The van der Waals surface area contributed by atoms with Gasteiger partial charge in [-0.2, -0.15) is 0 Å². The molecule has 2 aromatic rings. The predicted molar refractivity (Wildman–Crippen MR) is 172 cm³/mol. The fraction of sp³-hybridized carbons (Fsp3) is 0.263. The van der Waals surface area contributed by atoms with Gasteiger partial charge in [-0.15, -0.1) is 0 Å². The van der Waals surface area contributed by atoms with Crippen molar-refractivity contribution in [1.82, 2.24) is 0 Å². The number of hydrogen-bond donors (Lipinski definition) is 0. The summed E-state index contributed by atoms with van der Waals surface area (Å²) in [6.07, 6.45) is 26.7. The Kier molecular flexibility index (Phi) is 11.5. The number of benzene rings is 2. The topological polar surface area (TPSA) is 0 Å². The number of rotatable bonds is 6. The van der Waals surface area contributed by atoms with Crippen LogP contribution in [0.3, 0.4) is 0 Å². The van der Waals surface area contributed by atoms with E-state index in [2.05, 4.69) is 148 Å². The number of halogens is 2. The first kappa shape index (κ1) is 32.9. The summed E-state index contributed by atoms with van der Waals surface area (Å²) < 4.78 is 1.48. The molecule has 0 fully saturated rings. The fourth-order valence-corrected chi connectivity index (χ4v) is 29.9. The average molecular weight is 687 g/mol. The molecule has 0 saturated heterocycles. The first-order chi connectivity index (χ1) is 19.6. The van der Waals surface area contributed by atoms with Crippen molar-refractivity contribution in [3.05, 3.63) is 155 Å². The van der Waals surface area contributed by atoms with Crippen LogP contribution in [0, 0.1) is 11.8 Å². The molecule has 0 saturated carbocycles. The Balaban J connectivity index is 0.00000202. The van der Waals surface area contributed by atoms with Crippen molar-refractivity contribution in [3.63, 3.8) is 0 Å². The maximum atomic E-state index is 2.69. The maximum absolute atomic E-state index is 2.69. The van der Waals surface area contributed by atoms with E-state index >= 15 is 0 Å². The second-order valence-electron chi connectivity index (χ2n) is 11.6. The summed E-state index contributed by atoms with van der Waals surface area (Å²) in [4.78, 5) is 0. The molecule has 4 aliphatic rings. The zero-order chi connectivity index (χ0) is 27.6. The maximum Gasteiger partial charge on any atom is -1.00 e. The van der Waals surface area contributed by atoms with Gasteiger partial charge in [-0.3, -0.25) is 0 Å². The second kappa shape index (κ2) is 14.7. The summed E-state index contributed by atoms with van der Waals surface area (Å²) in [5.41, 5.74) is 11.4. The van der Waals surface area contributed by atoms with Gasteiger partial charge in [0.15, 0.2) is 0 Å². The van der Waals surface area contributed by atoms with Gasteiger partial charge in [0.25, 0.3) is 0 Å². The van der Waals surface area contributed by atoms with E-state index in [1.807, 2.05) is 0 Å². The van der Waals surface area contributed by atoms with E-state index in [1.165, 1.54) is 46.3 Å². The molecule has 4 unspecified atom stereocenters. The van der Waals surface area contributed by atoms with E-state index in [9.17, 15) is 0 Å². The van der Waals surface area contributed by atoms with Gasteiger partial charge in [-0.05, 0) is 0 Å². The van der Waals surface area contributed by atoms with Crippen LogP contribution in [0.25, 0.3) is 11.1 Å². The summed E-state index contributed by atoms with van der Waals surface area (Å²) in [5.74, 6) is 1.31. The third kappa shape index (κ3) is 6.16. The van der Waals surface area contributed by atoms with Crippen molar-refractivity contribution in [2.75, 3.05) is 0 Å².